The maximum absolute atomic E-state index is 12.7. The first kappa shape index (κ1) is 18.9. The Labute approximate surface area is 170 Å². The molecule has 0 spiro atoms. The number of ether oxygens (including phenoxy) is 2. The van der Waals surface area contributed by atoms with E-state index in [2.05, 4.69) is 0 Å². The molecule has 29 heavy (non-hydrogen) atoms. The molecule has 0 radical (unpaired) electrons. The van der Waals surface area contributed by atoms with Gasteiger partial charge in [-0.05, 0) is 79.8 Å². The molecule has 146 valence electrons. The summed E-state index contributed by atoms with van der Waals surface area (Å²) in [5, 5.41) is 0. The second-order valence-corrected chi connectivity index (χ2v) is 7.19. The molecule has 0 bridgehead atoms. The predicted octanol–water partition coefficient (Wildman–Crippen LogP) is 5.40. The molecule has 1 aliphatic rings. The molecule has 3 aromatic carbocycles. The lowest BCUT2D eigenvalue weighted by molar-refractivity contribution is 0.0319. The fourth-order valence-electron chi connectivity index (χ4n) is 3.53. The van der Waals surface area contributed by atoms with Gasteiger partial charge in [-0.2, -0.15) is 0 Å². The summed E-state index contributed by atoms with van der Waals surface area (Å²) in [5.74, 6) is 0.627. The van der Waals surface area contributed by atoms with Crippen molar-refractivity contribution < 1.29 is 19.1 Å². The molecule has 0 saturated carbocycles. The number of para-hydroxylation sites is 1. The zero-order chi connectivity index (χ0) is 20.2. The van der Waals surface area contributed by atoms with Gasteiger partial charge in [0.25, 0.3) is 0 Å². The fourth-order valence-corrected chi connectivity index (χ4v) is 3.53. The van der Waals surface area contributed by atoms with Crippen molar-refractivity contribution in [3.8, 4) is 11.5 Å². The zero-order valence-electron chi connectivity index (χ0n) is 16.3. The zero-order valence-corrected chi connectivity index (χ0v) is 16.3. The molecule has 0 heterocycles. The van der Waals surface area contributed by atoms with E-state index in [9.17, 15) is 9.59 Å². The first-order chi connectivity index (χ1) is 14.1. The van der Waals surface area contributed by atoms with Crippen molar-refractivity contribution in [2.24, 2.45) is 0 Å². The number of carbonyl (C=O) groups excluding carboxylic acids is 2. The van der Waals surface area contributed by atoms with E-state index in [0.29, 0.717) is 16.9 Å². The first-order valence-corrected chi connectivity index (χ1v) is 9.80. The molecule has 4 rings (SSSR count). The largest absolute Gasteiger partial charge is 0.457 e. The highest BCUT2D eigenvalue weighted by atomic mass is 16.5. The predicted molar refractivity (Wildman–Crippen MR) is 111 cm³/mol. The molecule has 0 aliphatic heterocycles. The summed E-state index contributed by atoms with van der Waals surface area (Å²) < 4.78 is 11.1. The van der Waals surface area contributed by atoms with Gasteiger partial charge in [0.05, 0.1) is 5.56 Å². The molecule has 0 aromatic heterocycles. The molecule has 4 nitrogen and oxygen atoms in total. The molecule has 0 N–H and O–H groups in total. The van der Waals surface area contributed by atoms with Gasteiger partial charge in [0, 0.05) is 5.56 Å². The van der Waals surface area contributed by atoms with Gasteiger partial charge in [0.1, 0.15) is 11.5 Å². The third-order valence-electron chi connectivity index (χ3n) is 5.10. The number of carbonyl (C=O) groups is 2. The van der Waals surface area contributed by atoms with Gasteiger partial charge in [0.15, 0.2) is 6.10 Å². The summed E-state index contributed by atoms with van der Waals surface area (Å²) >= 11 is 0. The molecule has 4 heteroatoms. The topological polar surface area (TPSA) is 52.6 Å². The number of rotatable bonds is 6. The molecule has 0 fully saturated rings. The summed E-state index contributed by atoms with van der Waals surface area (Å²) in [5.41, 5.74) is 3.50. The van der Waals surface area contributed by atoms with Crippen LogP contribution in [0.15, 0.2) is 72.8 Å². The Morgan fingerprint density at radius 1 is 0.793 bits per heavy atom. The summed E-state index contributed by atoms with van der Waals surface area (Å²) in [6, 6.07) is 21.8. The van der Waals surface area contributed by atoms with Crippen LogP contribution in [0, 0.1) is 0 Å². The van der Waals surface area contributed by atoms with Crippen molar-refractivity contribution in [2.45, 2.75) is 32.3 Å². The Kier molecular flexibility index (Phi) is 5.43. The summed E-state index contributed by atoms with van der Waals surface area (Å²) in [4.78, 5) is 25.1. The van der Waals surface area contributed by atoms with E-state index in [4.69, 9.17) is 9.47 Å². The Balaban J connectivity index is 1.38. The van der Waals surface area contributed by atoms with Crippen LogP contribution in [0.4, 0.5) is 0 Å². The molecule has 0 unspecified atom stereocenters. The van der Waals surface area contributed by atoms with Crippen molar-refractivity contribution in [2.75, 3.05) is 0 Å². The van der Waals surface area contributed by atoms with Gasteiger partial charge >= 0.3 is 5.97 Å². The number of fused-ring (bicyclic) bond motifs is 1. The highest BCUT2D eigenvalue weighted by Crippen LogP contribution is 2.24. The normalized spacial score (nSPS) is 13.4. The van der Waals surface area contributed by atoms with Crippen LogP contribution in [0.25, 0.3) is 0 Å². The van der Waals surface area contributed by atoms with Crippen LogP contribution in [0.3, 0.4) is 0 Å². The van der Waals surface area contributed by atoms with Crippen molar-refractivity contribution in [1.82, 2.24) is 0 Å². The van der Waals surface area contributed by atoms with Gasteiger partial charge < -0.3 is 9.47 Å². The molecule has 1 atom stereocenters. The summed E-state index contributed by atoms with van der Waals surface area (Å²) in [7, 11) is 0. The second-order valence-electron chi connectivity index (χ2n) is 7.19. The minimum atomic E-state index is -0.845. The fraction of sp³-hybridized carbons (Fsp3) is 0.200. The lowest BCUT2D eigenvalue weighted by atomic mass is 10.0. The standard InChI is InChI=1S/C25H22O4/c1-17(24(26)21-11-10-18-6-5-7-20(18)16-21)28-25(27)19-12-14-23(15-13-19)29-22-8-3-2-4-9-22/h2-4,8-17H,5-7H2,1H3/t17-/m0/s1. The minimum absolute atomic E-state index is 0.183. The third-order valence-corrected chi connectivity index (χ3v) is 5.10. The summed E-state index contributed by atoms with van der Waals surface area (Å²) in [6.07, 6.45) is 2.35. The van der Waals surface area contributed by atoms with Crippen LogP contribution >= 0.6 is 0 Å². The van der Waals surface area contributed by atoms with E-state index < -0.39 is 12.1 Å². The first-order valence-electron chi connectivity index (χ1n) is 9.80. The van der Waals surface area contributed by atoms with Crippen LogP contribution in [0.2, 0.25) is 0 Å². The Hall–Kier alpha value is -3.40. The SMILES string of the molecule is C[C@H](OC(=O)c1ccc(Oc2ccccc2)cc1)C(=O)c1ccc2c(c1)CCC2. The average molecular weight is 386 g/mol. The highest BCUT2D eigenvalue weighted by molar-refractivity contribution is 6.01. The van der Waals surface area contributed by atoms with Gasteiger partial charge in [-0.25, -0.2) is 4.79 Å². The number of hydrogen-bond donors (Lipinski definition) is 0. The quantitative estimate of drug-likeness (QED) is 0.421. The van der Waals surface area contributed by atoms with Gasteiger partial charge in [-0.3, -0.25) is 4.79 Å². The Morgan fingerprint density at radius 2 is 1.45 bits per heavy atom. The molecule has 0 amide bonds. The molecular weight excluding hydrogens is 364 g/mol. The number of aryl methyl sites for hydroxylation is 2. The monoisotopic (exact) mass is 386 g/mol. The number of esters is 1. The van der Waals surface area contributed by atoms with Crippen LogP contribution in [-0.2, 0) is 17.6 Å². The maximum atomic E-state index is 12.7. The average Bonchev–Trinajstić information content (AvgIpc) is 3.22. The number of benzene rings is 3. The molecule has 0 saturated heterocycles. The van der Waals surface area contributed by atoms with Crippen LogP contribution in [0.1, 0.15) is 45.2 Å². The minimum Gasteiger partial charge on any atom is -0.457 e. The van der Waals surface area contributed by atoms with Crippen LogP contribution in [0.5, 0.6) is 11.5 Å². The van der Waals surface area contributed by atoms with Gasteiger partial charge in [-0.15, -0.1) is 0 Å². The molecule has 3 aromatic rings. The second kappa shape index (κ2) is 8.31. The van der Waals surface area contributed by atoms with E-state index in [1.807, 2.05) is 48.5 Å². The van der Waals surface area contributed by atoms with E-state index in [-0.39, 0.29) is 5.78 Å². The highest BCUT2D eigenvalue weighted by Gasteiger charge is 2.22. The third kappa shape index (κ3) is 4.37. The molecular formula is C25H22O4. The molecule has 1 aliphatic carbocycles. The maximum Gasteiger partial charge on any atom is 0.338 e. The Bertz CT molecular complexity index is 1020. The number of hydrogen-bond acceptors (Lipinski definition) is 4. The summed E-state index contributed by atoms with van der Waals surface area (Å²) in [6.45, 7) is 1.61. The van der Waals surface area contributed by atoms with E-state index >= 15 is 0 Å². The van der Waals surface area contributed by atoms with Gasteiger partial charge in [-0.1, -0.05) is 30.3 Å². The van der Waals surface area contributed by atoms with Crippen molar-refractivity contribution >= 4 is 11.8 Å². The Morgan fingerprint density at radius 3 is 2.21 bits per heavy atom. The smallest absolute Gasteiger partial charge is 0.338 e. The van der Waals surface area contributed by atoms with Gasteiger partial charge in [0.2, 0.25) is 5.78 Å². The van der Waals surface area contributed by atoms with Crippen molar-refractivity contribution in [3.63, 3.8) is 0 Å². The number of Topliss-reactive ketones (excluding diaryl/α,β-unsaturated/α-hetero) is 1. The van der Waals surface area contributed by atoms with Crippen LogP contribution in [-0.4, -0.2) is 17.9 Å². The van der Waals surface area contributed by atoms with E-state index in [0.717, 1.165) is 25.0 Å². The van der Waals surface area contributed by atoms with E-state index in [1.54, 1.807) is 31.2 Å². The van der Waals surface area contributed by atoms with E-state index in [1.165, 1.54) is 11.1 Å². The lowest BCUT2D eigenvalue weighted by Crippen LogP contribution is -2.24. The lowest BCUT2D eigenvalue weighted by Gasteiger charge is -2.13. The number of ketones is 1. The van der Waals surface area contributed by atoms with Crippen molar-refractivity contribution in [3.05, 3.63) is 95.1 Å². The van der Waals surface area contributed by atoms with Crippen LogP contribution < -0.4 is 4.74 Å². The van der Waals surface area contributed by atoms with Crippen molar-refractivity contribution in [1.29, 1.82) is 0 Å².